The summed E-state index contributed by atoms with van der Waals surface area (Å²) in [4.78, 5) is 12.8. The molecule has 0 N–H and O–H groups in total. The molecule has 3 heteroatoms. The summed E-state index contributed by atoms with van der Waals surface area (Å²) in [5, 5.41) is 0. The molecule has 0 amide bonds. The molecule has 0 aliphatic carbocycles. The minimum absolute atomic E-state index is 0.288. The Balaban J connectivity index is 1.83. The Labute approximate surface area is 66.3 Å². The molecule has 0 spiro atoms. The smallest absolute Gasteiger partial charge is 0.124 e. The zero-order chi connectivity index (χ0) is 7.68. The fraction of sp³-hybridized carbons (Fsp3) is 0.875. The first-order valence-corrected chi connectivity index (χ1v) is 4.17. The zero-order valence-electron chi connectivity index (χ0n) is 6.53. The summed E-state index contributed by atoms with van der Waals surface area (Å²) in [6.45, 7) is 3.77. The van der Waals surface area contributed by atoms with Crippen molar-refractivity contribution in [1.82, 2.24) is 4.90 Å². The Hall–Kier alpha value is -0.410. The quantitative estimate of drug-likeness (QED) is 0.522. The minimum atomic E-state index is 0.288. The van der Waals surface area contributed by atoms with Crippen molar-refractivity contribution >= 4 is 6.29 Å². The van der Waals surface area contributed by atoms with Gasteiger partial charge in [0.2, 0.25) is 0 Å². The van der Waals surface area contributed by atoms with E-state index in [0.29, 0.717) is 6.04 Å². The minimum Gasteiger partial charge on any atom is -0.378 e. The van der Waals surface area contributed by atoms with E-state index >= 15 is 0 Å². The molecule has 2 rings (SSSR count). The second-order valence-electron chi connectivity index (χ2n) is 3.37. The average Bonchev–Trinajstić information content (AvgIpc) is 2.32. The average molecular weight is 155 g/mol. The molecule has 2 heterocycles. The van der Waals surface area contributed by atoms with Crippen LogP contribution in [0.2, 0.25) is 0 Å². The molecule has 2 aliphatic heterocycles. The van der Waals surface area contributed by atoms with Gasteiger partial charge in [-0.15, -0.1) is 0 Å². The predicted octanol–water partition coefficient (Wildman–Crippen LogP) is -0.0940. The van der Waals surface area contributed by atoms with Gasteiger partial charge in [-0.25, -0.2) is 0 Å². The highest BCUT2D eigenvalue weighted by molar-refractivity contribution is 5.54. The molecular weight excluding hydrogens is 142 g/mol. The first-order chi connectivity index (χ1) is 5.40. The monoisotopic (exact) mass is 155 g/mol. The molecule has 3 nitrogen and oxygen atoms in total. The van der Waals surface area contributed by atoms with Crippen molar-refractivity contribution in [1.29, 1.82) is 0 Å². The lowest BCUT2D eigenvalue weighted by molar-refractivity contribution is -0.111. The van der Waals surface area contributed by atoms with Crippen LogP contribution in [-0.2, 0) is 9.53 Å². The molecule has 0 saturated carbocycles. The Kier molecular flexibility index (Phi) is 1.92. The fourth-order valence-electron chi connectivity index (χ4n) is 1.69. The Morgan fingerprint density at radius 3 is 2.73 bits per heavy atom. The number of nitrogens with zero attached hydrogens (tertiary/aromatic N) is 1. The van der Waals surface area contributed by atoms with Crippen molar-refractivity contribution in [3.05, 3.63) is 0 Å². The van der Waals surface area contributed by atoms with Gasteiger partial charge < -0.3 is 9.53 Å². The van der Waals surface area contributed by atoms with Crippen molar-refractivity contribution in [2.24, 2.45) is 5.92 Å². The van der Waals surface area contributed by atoms with Gasteiger partial charge in [-0.2, -0.15) is 0 Å². The van der Waals surface area contributed by atoms with E-state index in [1.54, 1.807) is 0 Å². The Bertz CT molecular complexity index is 156. The van der Waals surface area contributed by atoms with E-state index in [4.69, 9.17) is 4.74 Å². The van der Waals surface area contributed by atoms with Gasteiger partial charge in [0.15, 0.2) is 0 Å². The van der Waals surface area contributed by atoms with Crippen LogP contribution in [0.4, 0.5) is 0 Å². The summed E-state index contributed by atoms with van der Waals surface area (Å²) in [5.74, 6) is 0.288. The van der Waals surface area contributed by atoms with Crippen molar-refractivity contribution in [3.8, 4) is 0 Å². The number of aldehydes is 1. The zero-order valence-corrected chi connectivity index (χ0v) is 6.53. The van der Waals surface area contributed by atoms with Gasteiger partial charge in [0.1, 0.15) is 6.29 Å². The first kappa shape index (κ1) is 7.25. The summed E-state index contributed by atoms with van der Waals surface area (Å²) < 4.78 is 5.09. The number of carbonyl (C=O) groups is 1. The molecule has 2 aliphatic rings. The molecular formula is C8H13NO2. The van der Waals surface area contributed by atoms with Crippen LogP contribution < -0.4 is 0 Å². The maximum atomic E-state index is 10.4. The maximum Gasteiger partial charge on any atom is 0.124 e. The van der Waals surface area contributed by atoms with Crippen LogP contribution >= 0.6 is 0 Å². The van der Waals surface area contributed by atoms with Crippen LogP contribution in [0.3, 0.4) is 0 Å². The molecule has 0 aromatic heterocycles. The van der Waals surface area contributed by atoms with Crippen LogP contribution in [0.1, 0.15) is 6.42 Å². The molecule has 2 fully saturated rings. The van der Waals surface area contributed by atoms with Crippen LogP contribution in [0, 0.1) is 5.92 Å². The van der Waals surface area contributed by atoms with Crippen LogP contribution in [0.5, 0.6) is 0 Å². The van der Waals surface area contributed by atoms with Crippen molar-refractivity contribution in [2.75, 3.05) is 26.3 Å². The number of hydrogen-bond donors (Lipinski definition) is 0. The second kappa shape index (κ2) is 2.91. The fourth-order valence-corrected chi connectivity index (χ4v) is 1.69. The topological polar surface area (TPSA) is 29.5 Å². The summed E-state index contributed by atoms with van der Waals surface area (Å²) in [6, 6.07) is 0.611. The molecule has 1 unspecified atom stereocenters. The Morgan fingerprint density at radius 1 is 1.45 bits per heavy atom. The largest absolute Gasteiger partial charge is 0.378 e. The number of rotatable bonds is 2. The maximum absolute atomic E-state index is 10.4. The lowest BCUT2D eigenvalue weighted by atomic mass is 10.1. The molecule has 0 aromatic carbocycles. The third kappa shape index (κ3) is 1.30. The molecule has 0 aromatic rings. The van der Waals surface area contributed by atoms with Crippen molar-refractivity contribution < 1.29 is 9.53 Å². The number of likely N-dealkylation sites (tertiary alicyclic amines) is 1. The van der Waals surface area contributed by atoms with Gasteiger partial charge in [0.05, 0.1) is 19.3 Å². The molecule has 2 saturated heterocycles. The normalized spacial score (nSPS) is 33.6. The molecule has 62 valence electrons. The molecule has 0 radical (unpaired) electrons. The van der Waals surface area contributed by atoms with E-state index in [0.717, 1.165) is 39.0 Å². The van der Waals surface area contributed by atoms with E-state index in [1.165, 1.54) is 0 Å². The molecule has 1 atom stereocenters. The highest BCUT2D eigenvalue weighted by atomic mass is 16.5. The van der Waals surface area contributed by atoms with Gasteiger partial charge in [-0.05, 0) is 13.0 Å². The van der Waals surface area contributed by atoms with Gasteiger partial charge in [0.25, 0.3) is 0 Å². The van der Waals surface area contributed by atoms with Gasteiger partial charge in [-0.1, -0.05) is 0 Å². The SMILES string of the molecule is O=CC1CCN(C2COC2)C1. The van der Waals surface area contributed by atoms with Gasteiger partial charge >= 0.3 is 0 Å². The van der Waals surface area contributed by atoms with Crippen LogP contribution in [0.25, 0.3) is 0 Å². The van der Waals surface area contributed by atoms with Crippen LogP contribution in [0.15, 0.2) is 0 Å². The van der Waals surface area contributed by atoms with Gasteiger partial charge in [0, 0.05) is 12.5 Å². The highest BCUT2D eigenvalue weighted by Gasteiger charge is 2.31. The van der Waals surface area contributed by atoms with E-state index in [2.05, 4.69) is 4.90 Å². The van der Waals surface area contributed by atoms with E-state index in [9.17, 15) is 4.79 Å². The second-order valence-corrected chi connectivity index (χ2v) is 3.37. The van der Waals surface area contributed by atoms with E-state index in [-0.39, 0.29) is 5.92 Å². The standard InChI is InChI=1S/C8H13NO2/c10-4-7-1-2-9(3-7)8-5-11-6-8/h4,7-8H,1-3,5-6H2. The summed E-state index contributed by atoms with van der Waals surface area (Å²) >= 11 is 0. The highest BCUT2D eigenvalue weighted by Crippen LogP contribution is 2.20. The lowest BCUT2D eigenvalue weighted by Crippen LogP contribution is -2.47. The number of ether oxygens (including phenoxy) is 1. The number of hydrogen-bond acceptors (Lipinski definition) is 3. The van der Waals surface area contributed by atoms with Crippen molar-refractivity contribution in [2.45, 2.75) is 12.5 Å². The third-order valence-electron chi connectivity index (χ3n) is 2.59. The lowest BCUT2D eigenvalue weighted by Gasteiger charge is -2.34. The number of carbonyl (C=O) groups excluding carboxylic acids is 1. The van der Waals surface area contributed by atoms with E-state index < -0.39 is 0 Å². The molecule has 0 bridgehead atoms. The van der Waals surface area contributed by atoms with E-state index in [1.807, 2.05) is 0 Å². The van der Waals surface area contributed by atoms with Crippen LogP contribution in [-0.4, -0.2) is 43.5 Å². The van der Waals surface area contributed by atoms with Gasteiger partial charge in [-0.3, -0.25) is 4.90 Å². The Morgan fingerprint density at radius 2 is 2.27 bits per heavy atom. The first-order valence-electron chi connectivity index (χ1n) is 4.17. The summed E-state index contributed by atoms with van der Waals surface area (Å²) in [6.07, 6.45) is 2.12. The predicted molar refractivity (Wildman–Crippen MR) is 40.4 cm³/mol. The summed E-state index contributed by atoms with van der Waals surface area (Å²) in [7, 11) is 0. The third-order valence-corrected chi connectivity index (χ3v) is 2.59. The summed E-state index contributed by atoms with van der Waals surface area (Å²) in [5.41, 5.74) is 0. The van der Waals surface area contributed by atoms with Crippen molar-refractivity contribution in [3.63, 3.8) is 0 Å². The molecule has 11 heavy (non-hydrogen) atoms.